The molecule has 0 heterocycles. The SMILES string of the molecule is N#CC(C#N)(CCC(F)(F)F)CC(=O)OC(C(F)(F)F)C(F)(F)F. The molecule has 13 heteroatoms. The van der Waals surface area contributed by atoms with Crippen LogP contribution in [0.4, 0.5) is 39.5 Å². The lowest BCUT2D eigenvalue weighted by Crippen LogP contribution is -2.46. The molecule has 0 amide bonds. The first-order chi connectivity index (χ1) is 10.6. The van der Waals surface area contributed by atoms with E-state index in [0.717, 1.165) is 12.1 Å². The van der Waals surface area contributed by atoms with E-state index in [-0.39, 0.29) is 0 Å². The molecule has 24 heavy (non-hydrogen) atoms. The number of carbonyl (C=O) groups is 1. The third kappa shape index (κ3) is 6.93. The van der Waals surface area contributed by atoms with E-state index in [1.165, 1.54) is 0 Å². The van der Waals surface area contributed by atoms with Gasteiger partial charge in [-0.1, -0.05) is 0 Å². The van der Waals surface area contributed by atoms with Crippen LogP contribution in [0, 0.1) is 28.1 Å². The molecule has 136 valence electrons. The molecule has 0 aliphatic rings. The van der Waals surface area contributed by atoms with E-state index in [2.05, 4.69) is 4.74 Å². The van der Waals surface area contributed by atoms with Crippen LogP contribution < -0.4 is 0 Å². The van der Waals surface area contributed by atoms with Crippen LogP contribution >= 0.6 is 0 Å². The summed E-state index contributed by atoms with van der Waals surface area (Å²) in [6, 6.07) is 1.99. The molecule has 0 aromatic rings. The van der Waals surface area contributed by atoms with E-state index < -0.39 is 55.3 Å². The van der Waals surface area contributed by atoms with E-state index in [1.807, 2.05) is 0 Å². The molecule has 0 rings (SSSR count). The highest BCUT2D eigenvalue weighted by Crippen LogP contribution is 2.38. The lowest BCUT2D eigenvalue weighted by Gasteiger charge is -2.24. The van der Waals surface area contributed by atoms with Crippen molar-refractivity contribution in [3.8, 4) is 12.1 Å². The quantitative estimate of drug-likeness (QED) is 0.545. The Hall–Kier alpha value is -2.18. The van der Waals surface area contributed by atoms with Gasteiger partial charge in [0.1, 0.15) is 0 Å². The van der Waals surface area contributed by atoms with Crippen molar-refractivity contribution in [3.05, 3.63) is 0 Å². The van der Waals surface area contributed by atoms with Gasteiger partial charge in [-0.15, -0.1) is 0 Å². The first-order valence-corrected chi connectivity index (χ1v) is 5.78. The summed E-state index contributed by atoms with van der Waals surface area (Å²) >= 11 is 0. The Morgan fingerprint density at radius 3 is 1.58 bits per heavy atom. The predicted octanol–water partition coefficient (Wildman–Crippen LogP) is 3.79. The summed E-state index contributed by atoms with van der Waals surface area (Å²) < 4.78 is 113. The maximum Gasteiger partial charge on any atom is 0.434 e. The number of nitriles is 2. The Bertz CT molecular complexity index is 508. The molecule has 0 aliphatic carbocycles. The van der Waals surface area contributed by atoms with E-state index in [0.29, 0.717) is 0 Å². The Morgan fingerprint density at radius 1 is 0.875 bits per heavy atom. The third-order valence-electron chi connectivity index (χ3n) is 2.55. The van der Waals surface area contributed by atoms with Crippen LogP contribution in [0.3, 0.4) is 0 Å². The standard InChI is InChI=1S/C11H7F9N2O2/c12-9(13,14)2-1-8(4-21,5-22)3-6(23)24-7(10(15,16)17)11(18,19)20/h7H,1-3H2. The van der Waals surface area contributed by atoms with Crippen molar-refractivity contribution in [3.63, 3.8) is 0 Å². The smallest absolute Gasteiger partial charge is 0.434 e. The van der Waals surface area contributed by atoms with Crippen LogP contribution in [0.15, 0.2) is 0 Å². The van der Waals surface area contributed by atoms with E-state index in [9.17, 15) is 44.3 Å². The normalized spacial score (nSPS) is 13.3. The number of ether oxygens (including phenoxy) is 1. The Balaban J connectivity index is 5.23. The summed E-state index contributed by atoms with van der Waals surface area (Å²) in [6.45, 7) is 0. The molecule has 0 unspecified atom stereocenters. The van der Waals surface area contributed by atoms with Crippen molar-refractivity contribution in [2.75, 3.05) is 0 Å². The maximum absolute atomic E-state index is 12.2. The van der Waals surface area contributed by atoms with Crippen molar-refractivity contribution < 1.29 is 49.0 Å². The van der Waals surface area contributed by atoms with E-state index in [1.54, 1.807) is 0 Å². The third-order valence-corrected chi connectivity index (χ3v) is 2.55. The van der Waals surface area contributed by atoms with Gasteiger partial charge in [0.15, 0.2) is 5.41 Å². The van der Waals surface area contributed by atoms with Crippen LogP contribution in [-0.4, -0.2) is 30.6 Å². The first-order valence-electron chi connectivity index (χ1n) is 5.78. The minimum atomic E-state index is -6.03. The molecule has 0 aromatic carbocycles. The molecule has 0 N–H and O–H groups in total. The molecule has 0 radical (unpaired) electrons. The van der Waals surface area contributed by atoms with Gasteiger partial charge in [0.25, 0.3) is 6.10 Å². The van der Waals surface area contributed by atoms with Gasteiger partial charge in [-0.05, 0) is 6.42 Å². The lowest BCUT2D eigenvalue weighted by molar-refractivity contribution is -0.313. The highest BCUT2D eigenvalue weighted by atomic mass is 19.4. The van der Waals surface area contributed by atoms with E-state index in [4.69, 9.17) is 10.5 Å². The maximum atomic E-state index is 12.2. The molecule has 0 aromatic heterocycles. The summed E-state index contributed by atoms with van der Waals surface area (Å²) in [5.41, 5.74) is -2.77. The van der Waals surface area contributed by atoms with Crippen LogP contribution in [0.5, 0.6) is 0 Å². The van der Waals surface area contributed by atoms with Gasteiger partial charge < -0.3 is 4.74 Å². The average Bonchev–Trinajstić information content (AvgIpc) is 2.37. The zero-order chi connectivity index (χ0) is 19.4. The van der Waals surface area contributed by atoms with Crippen LogP contribution in [-0.2, 0) is 9.53 Å². The highest BCUT2D eigenvalue weighted by Gasteiger charge is 2.60. The minimum absolute atomic E-state index is 0.995. The van der Waals surface area contributed by atoms with Crippen molar-refractivity contribution in [2.24, 2.45) is 5.41 Å². The van der Waals surface area contributed by atoms with Crippen molar-refractivity contribution in [2.45, 2.75) is 43.9 Å². The fourth-order valence-corrected chi connectivity index (χ4v) is 1.40. The number of alkyl halides is 9. The van der Waals surface area contributed by atoms with Gasteiger partial charge in [0, 0.05) is 6.42 Å². The van der Waals surface area contributed by atoms with Crippen LogP contribution in [0.2, 0.25) is 0 Å². The molecule has 0 fully saturated rings. The lowest BCUT2D eigenvalue weighted by atomic mass is 9.83. The molecule has 0 spiro atoms. The Labute approximate surface area is 128 Å². The largest absolute Gasteiger partial charge is 0.443 e. The fraction of sp³-hybridized carbons (Fsp3) is 0.727. The van der Waals surface area contributed by atoms with E-state index >= 15 is 0 Å². The molecule has 0 aliphatic heterocycles. The molecule has 0 atom stereocenters. The summed E-state index contributed by atoms with van der Waals surface area (Å²) in [5.74, 6) is -2.28. The zero-order valence-electron chi connectivity index (χ0n) is 11.3. The Morgan fingerprint density at radius 2 is 1.29 bits per heavy atom. The van der Waals surface area contributed by atoms with Crippen molar-refractivity contribution >= 4 is 5.97 Å². The number of carbonyl (C=O) groups excluding carboxylic acids is 1. The van der Waals surface area contributed by atoms with Gasteiger partial charge in [-0.2, -0.15) is 50.0 Å². The number of esters is 1. The fourth-order valence-electron chi connectivity index (χ4n) is 1.40. The van der Waals surface area contributed by atoms with Gasteiger partial charge in [-0.25, -0.2) is 0 Å². The second kappa shape index (κ2) is 7.15. The van der Waals surface area contributed by atoms with Crippen molar-refractivity contribution in [1.82, 2.24) is 0 Å². The van der Waals surface area contributed by atoms with Crippen LogP contribution in [0.1, 0.15) is 19.3 Å². The summed E-state index contributed by atoms with van der Waals surface area (Å²) in [4.78, 5) is 11.2. The van der Waals surface area contributed by atoms with Crippen molar-refractivity contribution in [1.29, 1.82) is 10.5 Å². The highest BCUT2D eigenvalue weighted by molar-refractivity contribution is 5.72. The predicted molar refractivity (Wildman–Crippen MR) is 55.6 cm³/mol. The average molecular weight is 370 g/mol. The second-order valence-electron chi connectivity index (χ2n) is 4.55. The monoisotopic (exact) mass is 370 g/mol. The Kier molecular flexibility index (Phi) is 6.50. The minimum Gasteiger partial charge on any atom is -0.443 e. The summed E-state index contributed by atoms with van der Waals surface area (Å²) in [7, 11) is 0. The molecule has 4 nitrogen and oxygen atoms in total. The zero-order valence-corrected chi connectivity index (χ0v) is 11.3. The van der Waals surface area contributed by atoms with Gasteiger partial charge >= 0.3 is 24.5 Å². The molecule has 0 saturated heterocycles. The van der Waals surface area contributed by atoms with Gasteiger partial charge in [0.05, 0.1) is 18.6 Å². The number of rotatable bonds is 5. The molecular formula is C11H7F9N2O2. The number of hydrogen-bond donors (Lipinski definition) is 0. The van der Waals surface area contributed by atoms with Gasteiger partial charge in [-0.3, -0.25) is 4.79 Å². The first kappa shape index (κ1) is 21.8. The van der Waals surface area contributed by atoms with Crippen LogP contribution in [0.25, 0.3) is 0 Å². The van der Waals surface area contributed by atoms with Gasteiger partial charge in [0.2, 0.25) is 0 Å². The molecule has 0 saturated carbocycles. The second-order valence-corrected chi connectivity index (χ2v) is 4.55. The molecule has 0 bridgehead atoms. The summed E-state index contributed by atoms with van der Waals surface area (Å²) in [6.07, 6.45) is -26.2. The number of hydrogen-bond acceptors (Lipinski definition) is 4. The molecular weight excluding hydrogens is 363 g/mol. The number of halogens is 9. The number of nitrogens with zero attached hydrogens (tertiary/aromatic N) is 2. The summed E-state index contributed by atoms with van der Waals surface area (Å²) in [5, 5.41) is 17.4. The topological polar surface area (TPSA) is 73.9 Å².